The first-order valence-corrected chi connectivity index (χ1v) is 13.0. The van der Waals surface area contributed by atoms with Crippen LogP contribution in [0.1, 0.15) is 29.3 Å². The van der Waals surface area contributed by atoms with Gasteiger partial charge in [-0.25, -0.2) is 9.18 Å². The van der Waals surface area contributed by atoms with E-state index in [1.807, 2.05) is 48.7 Å². The number of carbonyl (C=O) groups is 1. The second-order valence-corrected chi connectivity index (χ2v) is 9.75. The number of hydrogen-bond donors (Lipinski definition) is 1. The molecular weight excluding hydrogens is 521 g/mol. The summed E-state index contributed by atoms with van der Waals surface area (Å²) in [7, 11) is 0. The van der Waals surface area contributed by atoms with Gasteiger partial charge >= 0.3 is 6.09 Å². The zero-order chi connectivity index (χ0) is 26.8. The standard InChI is InChI=1S/C29H25ClFN5O3/c30-20-5-10-26-25(18-20)24-11-14-36(29(37)39-22-8-6-21(31)7-9-22)28(27(24)33-26)19-3-1-4-23(17-19)38-16-2-13-35-15-12-32-34-35/h1,3-10,12,15,17-18,28,33H,2,11,13-14,16H2. The summed E-state index contributed by atoms with van der Waals surface area (Å²) in [6.07, 6.45) is 4.33. The highest BCUT2D eigenvalue weighted by Crippen LogP contribution is 2.40. The fourth-order valence-corrected chi connectivity index (χ4v) is 5.18. The van der Waals surface area contributed by atoms with Crippen LogP contribution in [0.3, 0.4) is 0 Å². The maximum Gasteiger partial charge on any atom is 0.416 e. The first-order valence-electron chi connectivity index (χ1n) is 12.7. The number of aromatic amines is 1. The molecule has 10 heteroatoms. The maximum absolute atomic E-state index is 13.5. The molecule has 0 aliphatic carbocycles. The lowest BCUT2D eigenvalue weighted by atomic mass is 9.92. The monoisotopic (exact) mass is 545 g/mol. The van der Waals surface area contributed by atoms with Crippen LogP contribution < -0.4 is 9.47 Å². The first kappa shape index (κ1) is 24.9. The molecule has 1 aliphatic rings. The van der Waals surface area contributed by atoms with Crippen LogP contribution in [-0.2, 0) is 13.0 Å². The van der Waals surface area contributed by atoms with E-state index in [-0.39, 0.29) is 5.75 Å². The summed E-state index contributed by atoms with van der Waals surface area (Å²) in [5.74, 6) is 0.577. The third-order valence-corrected chi connectivity index (χ3v) is 7.02. The summed E-state index contributed by atoms with van der Waals surface area (Å²) in [6, 6.07) is 18.4. The average Bonchev–Trinajstić information content (AvgIpc) is 3.60. The third-order valence-electron chi connectivity index (χ3n) is 6.79. The zero-order valence-electron chi connectivity index (χ0n) is 20.9. The molecule has 0 spiro atoms. The van der Waals surface area contributed by atoms with Gasteiger partial charge in [-0.2, -0.15) is 0 Å². The number of ether oxygens (including phenoxy) is 2. The molecule has 6 rings (SSSR count). The van der Waals surface area contributed by atoms with Gasteiger partial charge in [0.2, 0.25) is 0 Å². The number of aromatic nitrogens is 4. The number of fused-ring (bicyclic) bond motifs is 3. The van der Waals surface area contributed by atoms with Crippen LogP contribution in [0.4, 0.5) is 9.18 Å². The molecule has 0 bridgehead atoms. The quantitative estimate of drug-likeness (QED) is 0.247. The molecule has 0 saturated heterocycles. The van der Waals surface area contributed by atoms with E-state index in [1.54, 1.807) is 15.8 Å². The van der Waals surface area contributed by atoms with Gasteiger partial charge in [-0.05, 0) is 72.1 Å². The topological polar surface area (TPSA) is 85.3 Å². The van der Waals surface area contributed by atoms with Gasteiger partial charge in [-0.15, -0.1) is 5.10 Å². The molecule has 1 amide bonds. The maximum atomic E-state index is 13.5. The predicted molar refractivity (Wildman–Crippen MR) is 145 cm³/mol. The van der Waals surface area contributed by atoms with E-state index in [9.17, 15) is 9.18 Å². The highest BCUT2D eigenvalue weighted by molar-refractivity contribution is 6.31. The number of nitrogens with one attached hydrogen (secondary N) is 1. The predicted octanol–water partition coefficient (Wildman–Crippen LogP) is 6.17. The van der Waals surface area contributed by atoms with Crippen molar-refractivity contribution in [3.63, 3.8) is 0 Å². The smallest absolute Gasteiger partial charge is 0.416 e. The number of rotatable bonds is 7. The van der Waals surface area contributed by atoms with E-state index in [2.05, 4.69) is 15.3 Å². The Morgan fingerprint density at radius 1 is 1.10 bits per heavy atom. The molecule has 0 saturated carbocycles. The van der Waals surface area contributed by atoms with Crippen molar-refractivity contribution in [3.05, 3.63) is 107 Å². The van der Waals surface area contributed by atoms with Gasteiger partial charge in [0, 0.05) is 47.3 Å². The normalized spacial score (nSPS) is 14.8. The molecule has 3 heterocycles. The van der Waals surface area contributed by atoms with Crippen LogP contribution in [-0.4, -0.2) is 44.1 Å². The van der Waals surface area contributed by atoms with Crippen LogP contribution in [0.15, 0.2) is 79.1 Å². The average molecular weight is 546 g/mol. The summed E-state index contributed by atoms with van der Waals surface area (Å²) in [5.41, 5.74) is 3.84. The minimum absolute atomic E-state index is 0.277. The summed E-state index contributed by atoms with van der Waals surface area (Å²) in [6.45, 7) is 1.63. The second kappa shape index (κ2) is 10.8. The Balaban J connectivity index is 1.30. The zero-order valence-corrected chi connectivity index (χ0v) is 21.6. The summed E-state index contributed by atoms with van der Waals surface area (Å²) < 4.78 is 26.9. The van der Waals surface area contributed by atoms with Gasteiger partial charge in [0.25, 0.3) is 0 Å². The van der Waals surface area contributed by atoms with Gasteiger partial charge in [-0.3, -0.25) is 9.58 Å². The Morgan fingerprint density at radius 2 is 1.97 bits per heavy atom. The molecule has 1 N–H and O–H groups in total. The van der Waals surface area contributed by atoms with Crippen LogP contribution in [0.5, 0.6) is 11.5 Å². The third kappa shape index (κ3) is 5.31. The lowest BCUT2D eigenvalue weighted by Gasteiger charge is -2.35. The number of benzene rings is 3. The minimum atomic E-state index is -0.520. The van der Waals surface area contributed by atoms with Crippen LogP contribution in [0.25, 0.3) is 10.9 Å². The molecule has 5 aromatic rings. The van der Waals surface area contributed by atoms with Crippen LogP contribution in [0, 0.1) is 5.82 Å². The van der Waals surface area contributed by atoms with E-state index >= 15 is 0 Å². The van der Waals surface area contributed by atoms with E-state index in [4.69, 9.17) is 21.1 Å². The lowest BCUT2D eigenvalue weighted by molar-refractivity contribution is 0.135. The largest absolute Gasteiger partial charge is 0.494 e. The molecule has 1 aliphatic heterocycles. The Kier molecular flexibility index (Phi) is 6.89. The molecule has 0 fully saturated rings. The number of amides is 1. The number of carbonyl (C=O) groups excluding carboxylic acids is 1. The van der Waals surface area contributed by atoms with E-state index in [1.165, 1.54) is 24.3 Å². The highest BCUT2D eigenvalue weighted by atomic mass is 35.5. The highest BCUT2D eigenvalue weighted by Gasteiger charge is 2.36. The van der Waals surface area contributed by atoms with Crippen molar-refractivity contribution >= 4 is 28.6 Å². The van der Waals surface area contributed by atoms with Crippen molar-refractivity contribution in [2.75, 3.05) is 13.2 Å². The van der Waals surface area contributed by atoms with Crippen molar-refractivity contribution in [3.8, 4) is 11.5 Å². The molecule has 2 aromatic heterocycles. The fraction of sp³-hybridized carbons (Fsp3) is 0.207. The van der Waals surface area contributed by atoms with Gasteiger partial charge in [0.1, 0.15) is 23.4 Å². The first-order chi connectivity index (χ1) is 19.0. The van der Waals surface area contributed by atoms with Crippen LogP contribution >= 0.6 is 11.6 Å². The molecule has 8 nitrogen and oxygen atoms in total. The van der Waals surface area contributed by atoms with Gasteiger partial charge in [0.05, 0.1) is 12.8 Å². The fourth-order valence-electron chi connectivity index (χ4n) is 5.01. The lowest BCUT2D eigenvalue weighted by Crippen LogP contribution is -2.42. The number of hydrogen-bond acceptors (Lipinski definition) is 5. The summed E-state index contributed by atoms with van der Waals surface area (Å²) in [4.78, 5) is 18.7. The molecule has 198 valence electrons. The number of nitrogens with zero attached hydrogens (tertiary/aromatic N) is 4. The SMILES string of the molecule is O=C(Oc1ccc(F)cc1)N1CCc2c([nH]c3ccc(Cl)cc23)C1c1cccc(OCCCn2ccnn2)c1. The van der Waals surface area contributed by atoms with E-state index in [0.717, 1.165) is 34.1 Å². The van der Waals surface area contributed by atoms with Gasteiger partial charge < -0.3 is 14.5 Å². The molecule has 1 unspecified atom stereocenters. The van der Waals surface area contributed by atoms with Crippen molar-refractivity contribution in [1.82, 2.24) is 24.9 Å². The van der Waals surface area contributed by atoms with E-state index < -0.39 is 18.0 Å². The Hall–Kier alpha value is -4.37. The minimum Gasteiger partial charge on any atom is -0.494 e. The van der Waals surface area contributed by atoms with Crippen molar-refractivity contribution < 1.29 is 18.7 Å². The van der Waals surface area contributed by atoms with Crippen molar-refractivity contribution in [2.24, 2.45) is 0 Å². The second-order valence-electron chi connectivity index (χ2n) is 9.32. The molecule has 1 atom stereocenters. The Morgan fingerprint density at radius 3 is 2.79 bits per heavy atom. The summed E-state index contributed by atoms with van der Waals surface area (Å²) >= 11 is 6.32. The molecule has 0 radical (unpaired) electrons. The number of aryl methyl sites for hydroxylation is 1. The van der Waals surface area contributed by atoms with E-state index in [0.29, 0.717) is 36.9 Å². The Bertz CT molecular complexity index is 1600. The van der Waals surface area contributed by atoms with Gasteiger partial charge in [-0.1, -0.05) is 28.9 Å². The Labute approximate surface area is 228 Å². The van der Waals surface area contributed by atoms with Crippen molar-refractivity contribution in [2.45, 2.75) is 25.4 Å². The molecular formula is C29H25ClFN5O3. The van der Waals surface area contributed by atoms with Crippen LogP contribution in [0.2, 0.25) is 5.02 Å². The van der Waals surface area contributed by atoms with Gasteiger partial charge in [0.15, 0.2) is 0 Å². The summed E-state index contributed by atoms with van der Waals surface area (Å²) in [5, 5.41) is 9.48. The number of H-pyrrole nitrogens is 1. The molecule has 39 heavy (non-hydrogen) atoms. The number of halogens is 2. The molecule has 3 aromatic carbocycles. The van der Waals surface area contributed by atoms with Crippen molar-refractivity contribution in [1.29, 1.82) is 0 Å².